The number of aliphatic hydroxyl groups is 1. The minimum absolute atomic E-state index is 0.384. The predicted octanol–water partition coefficient (Wildman–Crippen LogP) is 1.68. The molecule has 1 aromatic rings. The molecule has 0 aliphatic heterocycles. The monoisotopic (exact) mass is 270 g/mol. The Kier molecular flexibility index (Phi) is 4.84. The van der Waals surface area contributed by atoms with Crippen molar-refractivity contribution in [1.82, 2.24) is 0 Å². The number of alkyl halides is 1. The highest BCUT2D eigenvalue weighted by Gasteiger charge is 2.39. The van der Waals surface area contributed by atoms with E-state index in [0.717, 1.165) is 5.56 Å². The van der Waals surface area contributed by atoms with Crippen LogP contribution in [-0.2, 0) is 10.5 Å². The molecule has 0 aliphatic carbocycles. The van der Waals surface area contributed by atoms with Crippen molar-refractivity contribution in [1.29, 1.82) is 0 Å². The summed E-state index contributed by atoms with van der Waals surface area (Å²) in [5.74, 6) is 0.384. The van der Waals surface area contributed by atoms with E-state index >= 15 is 0 Å². The molecule has 0 atom stereocenters. The van der Waals surface area contributed by atoms with Crippen molar-refractivity contribution in [2.75, 3.05) is 0 Å². The summed E-state index contributed by atoms with van der Waals surface area (Å²) in [5, 5.41) is 20.0. The smallest absolute Gasteiger partial charge is 0.423 e. The van der Waals surface area contributed by atoms with Crippen LogP contribution in [0.4, 0.5) is 0 Å². The van der Waals surface area contributed by atoms with E-state index in [1.165, 1.54) is 0 Å². The van der Waals surface area contributed by atoms with Crippen LogP contribution in [0.1, 0.15) is 33.3 Å². The van der Waals surface area contributed by atoms with Crippen LogP contribution in [0.2, 0.25) is 0 Å². The molecule has 5 heteroatoms. The van der Waals surface area contributed by atoms with Gasteiger partial charge in [-0.25, -0.2) is 0 Å². The topological polar surface area (TPSA) is 49.7 Å². The van der Waals surface area contributed by atoms with Crippen molar-refractivity contribution in [3.05, 3.63) is 29.8 Å². The van der Waals surface area contributed by atoms with E-state index in [9.17, 15) is 10.1 Å². The normalized spacial score (nSPS) is 12.6. The fraction of sp³-hybridized carbons (Fsp3) is 0.538. The molecule has 0 heterocycles. The molecule has 0 fully saturated rings. The average Bonchev–Trinajstić information content (AvgIpc) is 2.27. The van der Waals surface area contributed by atoms with Gasteiger partial charge >= 0.3 is 7.12 Å². The van der Waals surface area contributed by atoms with E-state index in [1.54, 1.807) is 39.8 Å². The minimum atomic E-state index is -1.09. The van der Waals surface area contributed by atoms with E-state index in [4.69, 9.17) is 16.3 Å². The zero-order valence-corrected chi connectivity index (χ0v) is 12.0. The summed E-state index contributed by atoms with van der Waals surface area (Å²) < 4.78 is 5.55. The molecule has 1 aromatic carbocycles. The molecule has 2 N–H and O–H groups in total. The number of hydrogen-bond acceptors (Lipinski definition) is 3. The van der Waals surface area contributed by atoms with Gasteiger partial charge < -0.3 is 14.8 Å². The maximum absolute atomic E-state index is 10.1. The summed E-state index contributed by atoms with van der Waals surface area (Å²) in [6.07, 6.45) is 0. The second-order valence-corrected chi connectivity index (χ2v) is 5.69. The van der Waals surface area contributed by atoms with Gasteiger partial charge in [-0.3, -0.25) is 0 Å². The zero-order valence-electron chi connectivity index (χ0n) is 11.3. The van der Waals surface area contributed by atoms with Gasteiger partial charge in [0, 0.05) is 5.88 Å². The maximum atomic E-state index is 10.1. The molecule has 0 radical (unpaired) electrons. The molecule has 0 bridgehead atoms. The molecule has 0 aliphatic rings. The van der Waals surface area contributed by atoms with Gasteiger partial charge in [0.15, 0.2) is 0 Å². The van der Waals surface area contributed by atoms with Crippen molar-refractivity contribution in [2.24, 2.45) is 0 Å². The summed E-state index contributed by atoms with van der Waals surface area (Å²) in [6.45, 7) is 6.77. The largest absolute Gasteiger partial charge is 0.491 e. The number of benzene rings is 1. The standard InChI is InChI=1S/C13H20BClO3/c1-12(2,16)13(3,4)18-14(17)11-7-5-6-10(8-11)9-15/h5-8,16-17H,9H2,1-4H3. The van der Waals surface area contributed by atoms with Crippen LogP contribution >= 0.6 is 11.6 Å². The van der Waals surface area contributed by atoms with Gasteiger partial charge in [-0.15, -0.1) is 11.6 Å². The Morgan fingerprint density at radius 3 is 2.39 bits per heavy atom. The molecule has 0 spiro atoms. The van der Waals surface area contributed by atoms with Crippen LogP contribution in [-0.4, -0.2) is 28.5 Å². The number of hydrogen-bond donors (Lipinski definition) is 2. The van der Waals surface area contributed by atoms with Crippen molar-refractivity contribution in [2.45, 2.75) is 44.8 Å². The molecule has 1 rings (SSSR count). The van der Waals surface area contributed by atoms with Gasteiger partial charge in [-0.05, 0) is 38.7 Å². The van der Waals surface area contributed by atoms with Crippen molar-refractivity contribution in [3.8, 4) is 0 Å². The second kappa shape index (κ2) is 5.62. The Hall–Kier alpha value is -0.545. The lowest BCUT2D eigenvalue weighted by Gasteiger charge is -2.38. The van der Waals surface area contributed by atoms with Crippen molar-refractivity contribution >= 4 is 24.2 Å². The highest BCUT2D eigenvalue weighted by molar-refractivity contribution is 6.60. The second-order valence-electron chi connectivity index (χ2n) is 5.42. The first kappa shape index (κ1) is 15.5. The molecule has 0 saturated carbocycles. The lowest BCUT2D eigenvalue weighted by molar-refractivity contribution is -0.0982. The third-order valence-corrected chi connectivity index (χ3v) is 3.58. The third kappa shape index (κ3) is 3.72. The Bertz CT molecular complexity index is 401. The highest BCUT2D eigenvalue weighted by atomic mass is 35.5. The van der Waals surface area contributed by atoms with Crippen LogP contribution in [0.25, 0.3) is 0 Å². The Balaban J connectivity index is 2.85. The fourth-order valence-electron chi connectivity index (χ4n) is 1.32. The quantitative estimate of drug-likeness (QED) is 0.632. The first-order valence-electron chi connectivity index (χ1n) is 5.90. The minimum Gasteiger partial charge on any atom is -0.423 e. The third-order valence-electron chi connectivity index (χ3n) is 3.27. The highest BCUT2D eigenvalue weighted by Crippen LogP contribution is 2.25. The van der Waals surface area contributed by atoms with Crippen molar-refractivity contribution < 1.29 is 14.8 Å². The molecular weight excluding hydrogens is 250 g/mol. The molecule has 100 valence electrons. The lowest BCUT2D eigenvalue weighted by atomic mass is 9.76. The van der Waals surface area contributed by atoms with E-state index < -0.39 is 18.3 Å². The lowest BCUT2D eigenvalue weighted by Crippen LogP contribution is -2.53. The number of rotatable bonds is 5. The van der Waals surface area contributed by atoms with Crippen LogP contribution in [0, 0.1) is 0 Å². The van der Waals surface area contributed by atoms with Crippen molar-refractivity contribution in [3.63, 3.8) is 0 Å². The fourth-order valence-corrected chi connectivity index (χ4v) is 1.49. The van der Waals surface area contributed by atoms with Gasteiger partial charge in [0.25, 0.3) is 0 Å². The maximum Gasteiger partial charge on any atom is 0.491 e. The van der Waals surface area contributed by atoms with Crippen LogP contribution in [0.15, 0.2) is 24.3 Å². The number of halogens is 1. The van der Waals surface area contributed by atoms with E-state index in [-0.39, 0.29) is 0 Å². The molecule has 3 nitrogen and oxygen atoms in total. The summed E-state index contributed by atoms with van der Waals surface area (Å²) in [7, 11) is -1.09. The van der Waals surface area contributed by atoms with Crippen LogP contribution in [0.3, 0.4) is 0 Å². The van der Waals surface area contributed by atoms with E-state index in [1.807, 2.05) is 12.1 Å². The Labute approximate surface area is 114 Å². The molecule has 0 aromatic heterocycles. The molecule has 0 saturated heterocycles. The molecular formula is C13H20BClO3. The van der Waals surface area contributed by atoms with Gasteiger partial charge in [0.1, 0.15) is 0 Å². The molecule has 18 heavy (non-hydrogen) atoms. The molecule has 0 amide bonds. The SMILES string of the molecule is CC(C)(O)C(C)(C)OB(O)c1cccc(CCl)c1. The van der Waals surface area contributed by atoms with E-state index in [0.29, 0.717) is 11.3 Å². The summed E-state index contributed by atoms with van der Waals surface area (Å²) >= 11 is 5.75. The van der Waals surface area contributed by atoms with Gasteiger partial charge in [0.05, 0.1) is 11.2 Å². The van der Waals surface area contributed by atoms with E-state index in [2.05, 4.69) is 0 Å². The summed E-state index contributed by atoms with van der Waals surface area (Å²) in [5.41, 5.74) is -0.384. The first-order chi connectivity index (χ1) is 8.17. The zero-order chi connectivity index (χ0) is 14.0. The van der Waals surface area contributed by atoms with Gasteiger partial charge in [-0.2, -0.15) is 0 Å². The van der Waals surface area contributed by atoms with Gasteiger partial charge in [0.2, 0.25) is 0 Å². The Morgan fingerprint density at radius 1 is 1.28 bits per heavy atom. The average molecular weight is 271 g/mol. The van der Waals surface area contributed by atoms with Gasteiger partial charge in [-0.1, -0.05) is 24.3 Å². The molecule has 0 unspecified atom stereocenters. The Morgan fingerprint density at radius 2 is 1.89 bits per heavy atom. The predicted molar refractivity (Wildman–Crippen MR) is 75.1 cm³/mol. The van der Waals surface area contributed by atoms with Crippen LogP contribution in [0.5, 0.6) is 0 Å². The summed E-state index contributed by atoms with van der Waals surface area (Å²) in [6, 6.07) is 7.25. The van der Waals surface area contributed by atoms with Crippen LogP contribution < -0.4 is 5.46 Å². The summed E-state index contributed by atoms with van der Waals surface area (Å²) in [4.78, 5) is 0. The first-order valence-corrected chi connectivity index (χ1v) is 6.44.